The Bertz CT molecular complexity index is 269. The van der Waals surface area contributed by atoms with Gasteiger partial charge in [-0.05, 0) is 44.2 Å². The molecule has 1 aromatic rings. The van der Waals surface area contributed by atoms with Gasteiger partial charge < -0.3 is 5.73 Å². The first-order valence-electron chi connectivity index (χ1n) is 6.10. The van der Waals surface area contributed by atoms with Gasteiger partial charge in [0.1, 0.15) is 0 Å². The zero-order chi connectivity index (χ0) is 12.0. The quantitative estimate of drug-likeness (QED) is 0.794. The van der Waals surface area contributed by atoms with Crippen molar-refractivity contribution in [2.75, 3.05) is 13.1 Å². The van der Waals surface area contributed by atoms with Crippen LogP contribution in [0.4, 0.5) is 0 Å². The van der Waals surface area contributed by atoms with E-state index in [1.54, 1.807) is 0 Å². The average molecular weight is 240 g/mol. The molecule has 1 atom stereocenters. The molecule has 92 valence electrons. The summed E-state index contributed by atoms with van der Waals surface area (Å²) < 4.78 is 0. The lowest BCUT2D eigenvalue weighted by atomic mass is 10.1. The summed E-state index contributed by atoms with van der Waals surface area (Å²) in [5, 5.41) is 2.15. The highest BCUT2D eigenvalue weighted by atomic mass is 32.1. The van der Waals surface area contributed by atoms with E-state index in [1.165, 1.54) is 4.88 Å². The molecule has 0 spiro atoms. The summed E-state index contributed by atoms with van der Waals surface area (Å²) in [5.74, 6) is 0.687. The van der Waals surface area contributed by atoms with Gasteiger partial charge in [0.2, 0.25) is 0 Å². The number of hydrogen-bond donors (Lipinski definition) is 1. The standard InChI is InChI=1S/C13H24N2S/c1-11(2)15(9-12(3)6-7-14)10-13-5-4-8-16-13/h4-5,8,11-12H,6-7,9-10,14H2,1-3H3. The summed E-state index contributed by atoms with van der Waals surface area (Å²) in [6.07, 6.45) is 1.12. The summed E-state index contributed by atoms with van der Waals surface area (Å²) in [6, 6.07) is 4.94. The predicted octanol–water partition coefficient (Wildman–Crippen LogP) is 2.94. The molecule has 0 aliphatic rings. The molecule has 0 saturated heterocycles. The molecule has 0 amide bonds. The van der Waals surface area contributed by atoms with Crippen LogP contribution >= 0.6 is 11.3 Å². The monoisotopic (exact) mass is 240 g/mol. The molecule has 0 aliphatic carbocycles. The molecule has 0 radical (unpaired) electrons. The fourth-order valence-electron chi connectivity index (χ4n) is 1.84. The third-order valence-corrected chi connectivity index (χ3v) is 3.74. The van der Waals surface area contributed by atoms with E-state index in [0.717, 1.165) is 26.1 Å². The molecular formula is C13H24N2S. The van der Waals surface area contributed by atoms with Crippen molar-refractivity contribution >= 4 is 11.3 Å². The Hall–Kier alpha value is -0.380. The Morgan fingerprint density at radius 3 is 2.62 bits per heavy atom. The highest BCUT2D eigenvalue weighted by Gasteiger charge is 2.13. The van der Waals surface area contributed by atoms with E-state index in [4.69, 9.17) is 5.73 Å². The van der Waals surface area contributed by atoms with Crippen molar-refractivity contribution in [3.63, 3.8) is 0 Å². The minimum Gasteiger partial charge on any atom is -0.330 e. The van der Waals surface area contributed by atoms with Gasteiger partial charge in [0.05, 0.1) is 0 Å². The zero-order valence-corrected chi connectivity index (χ0v) is 11.5. The van der Waals surface area contributed by atoms with Crippen molar-refractivity contribution in [3.8, 4) is 0 Å². The molecular weight excluding hydrogens is 216 g/mol. The second-order valence-electron chi connectivity index (χ2n) is 4.79. The third kappa shape index (κ3) is 4.64. The number of rotatable bonds is 7. The molecule has 2 N–H and O–H groups in total. The van der Waals surface area contributed by atoms with E-state index in [1.807, 2.05) is 11.3 Å². The maximum absolute atomic E-state index is 5.60. The number of nitrogens with zero attached hydrogens (tertiary/aromatic N) is 1. The molecule has 0 saturated carbocycles. The highest BCUT2D eigenvalue weighted by Crippen LogP contribution is 2.16. The van der Waals surface area contributed by atoms with E-state index < -0.39 is 0 Å². The molecule has 1 heterocycles. The first-order chi connectivity index (χ1) is 7.63. The fraction of sp³-hybridized carbons (Fsp3) is 0.692. The predicted molar refractivity (Wildman–Crippen MR) is 72.7 cm³/mol. The van der Waals surface area contributed by atoms with Gasteiger partial charge in [-0.3, -0.25) is 4.90 Å². The van der Waals surface area contributed by atoms with Crippen LogP contribution in [0.3, 0.4) is 0 Å². The van der Waals surface area contributed by atoms with Gasteiger partial charge in [-0.15, -0.1) is 11.3 Å². The van der Waals surface area contributed by atoms with E-state index in [-0.39, 0.29) is 0 Å². The van der Waals surface area contributed by atoms with Gasteiger partial charge >= 0.3 is 0 Å². The lowest BCUT2D eigenvalue weighted by molar-refractivity contribution is 0.182. The topological polar surface area (TPSA) is 29.3 Å². The van der Waals surface area contributed by atoms with Crippen LogP contribution in [-0.4, -0.2) is 24.0 Å². The van der Waals surface area contributed by atoms with Gasteiger partial charge in [0.25, 0.3) is 0 Å². The first kappa shape index (κ1) is 13.7. The molecule has 16 heavy (non-hydrogen) atoms. The van der Waals surface area contributed by atoms with Gasteiger partial charge in [-0.1, -0.05) is 13.0 Å². The van der Waals surface area contributed by atoms with Crippen molar-refractivity contribution in [2.45, 2.75) is 39.8 Å². The van der Waals surface area contributed by atoms with Crippen LogP contribution in [0.15, 0.2) is 17.5 Å². The highest BCUT2D eigenvalue weighted by molar-refractivity contribution is 7.09. The van der Waals surface area contributed by atoms with Crippen molar-refractivity contribution < 1.29 is 0 Å². The van der Waals surface area contributed by atoms with Crippen LogP contribution in [0, 0.1) is 5.92 Å². The van der Waals surface area contributed by atoms with Crippen molar-refractivity contribution in [3.05, 3.63) is 22.4 Å². The molecule has 0 fully saturated rings. The average Bonchev–Trinajstić information content (AvgIpc) is 2.69. The minimum absolute atomic E-state index is 0.599. The summed E-state index contributed by atoms with van der Waals surface area (Å²) in [6.45, 7) is 9.84. The normalized spacial score (nSPS) is 13.6. The molecule has 3 heteroatoms. The molecule has 1 unspecified atom stereocenters. The molecule has 0 aliphatic heterocycles. The van der Waals surface area contributed by atoms with Crippen LogP contribution in [0.2, 0.25) is 0 Å². The van der Waals surface area contributed by atoms with Crippen LogP contribution in [0.5, 0.6) is 0 Å². The number of thiophene rings is 1. The van der Waals surface area contributed by atoms with E-state index in [0.29, 0.717) is 12.0 Å². The summed E-state index contributed by atoms with van der Waals surface area (Å²) in [5.41, 5.74) is 5.60. The number of nitrogens with two attached hydrogens (primary N) is 1. The third-order valence-electron chi connectivity index (χ3n) is 2.87. The second kappa shape index (κ2) is 7.05. The molecule has 1 rings (SSSR count). The first-order valence-corrected chi connectivity index (χ1v) is 6.98. The van der Waals surface area contributed by atoms with Crippen LogP contribution in [0.25, 0.3) is 0 Å². The lowest BCUT2D eigenvalue weighted by Crippen LogP contribution is -2.34. The Morgan fingerprint density at radius 1 is 1.38 bits per heavy atom. The molecule has 1 aromatic heterocycles. The van der Waals surface area contributed by atoms with Gasteiger partial charge in [-0.2, -0.15) is 0 Å². The van der Waals surface area contributed by atoms with E-state index >= 15 is 0 Å². The Labute approximate surface area is 103 Å². The van der Waals surface area contributed by atoms with Crippen LogP contribution in [-0.2, 0) is 6.54 Å². The zero-order valence-electron chi connectivity index (χ0n) is 10.6. The van der Waals surface area contributed by atoms with Crippen molar-refractivity contribution in [2.24, 2.45) is 11.7 Å². The lowest BCUT2D eigenvalue weighted by Gasteiger charge is -2.28. The Kier molecular flexibility index (Phi) is 6.03. The second-order valence-corrected chi connectivity index (χ2v) is 5.82. The largest absolute Gasteiger partial charge is 0.330 e. The van der Waals surface area contributed by atoms with E-state index in [2.05, 4.69) is 43.2 Å². The Morgan fingerprint density at radius 2 is 2.12 bits per heavy atom. The van der Waals surface area contributed by atoms with Gasteiger partial charge in [0.15, 0.2) is 0 Å². The maximum atomic E-state index is 5.60. The summed E-state index contributed by atoms with van der Waals surface area (Å²) in [7, 11) is 0. The van der Waals surface area contributed by atoms with Crippen LogP contribution < -0.4 is 5.73 Å². The molecule has 0 bridgehead atoms. The minimum atomic E-state index is 0.599. The SMILES string of the molecule is CC(CCN)CN(Cc1cccs1)C(C)C. The van der Waals surface area contributed by atoms with Gasteiger partial charge in [0, 0.05) is 24.0 Å². The van der Waals surface area contributed by atoms with E-state index in [9.17, 15) is 0 Å². The fourth-order valence-corrected chi connectivity index (χ4v) is 2.57. The van der Waals surface area contributed by atoms with Crippen molar-refractivity contribution in [1.29, 1.82) is 0 Å². The van der Waals surface area contributed by atoms with Crippen LogP contribution in [0.1, 0.15) is 32.1 Å². The van der Waals surface area contributed by atoms with Crippen molar-refractivity contribution in [1.82, 2.24) is 4.90 Å². The maximum Gasteiger partial charge on any atom is 0.0330 e. The summed E-state index contributed by atoms with van der Waals surface area (Å²) >= 11 is 1.84. The summed E-state index contributed by atoms with van der Waals surface area (Å²) in [4.78, 5) is 3.99. The smallest absolute Gasteiger partial charge is 0.0330 e. The molecule has 0 aromatic carbocycles. The number of hydrogen-bond acceptors (Lipinski definition) is 3. The molecule has 2 nitrogen and oxygen atoms in total. The van der Waals surface area contributed by atoms with Gasteiger partial charge in [-0.25, -0.2) is 0 Å². The Balaban J connectivity index is 2.48.